The molecular formula is C19H20N4O2S. The molecule has 1 aromatic heterocycles. The van der Waals surface area contributed by atoms with Crippen molar-refractivity contribution in [1.82, 2.24) is 14.8 Å². The van der Waals surface area contributed by atoms with Gasteiger partial charge < -0.3 is 0 Å². The number of hydrogen-bond donors (Lipinski definition) is 1. The van der Waals surface area contributed by atoms with Crippen LogP contribution in [0.2, 0.25) is 0 Å². The molecule has 7 heteroatoms. The molecule has 0 radical (unpaired) electrons. The molecule has 0 fully saturated rings. The number of nitrogens with one attached hydrogen (secondary N) is 1. The van der Waals surface area contributed by atoms with Gasteiger partial charge in [0.2, 0.25) is 0 Å². The van der Waals surface area contributed by atoms with Crippen LogP contribution in [0.5, 0.6) is 0 Å². The normalized spacial score (nSPS) is 14.0. The van der Waals surface area contributed by atoms with Gasteiger partial charge in [-0.15, -0.1) is 0 Å². The minimum absolute atomic E-state index is 0.324. The second-order valence-corrected chi connectivity index (χ2v) is 8.22. The lowest BCUT2D eigenvalue weighted by Crippen LogP contribution is -2.14. The molecule has 0 saturated heterocycles. The average Bonchev–Trinajstić information content (AvgIpc) is 3.16. The third kappa shape index (κ3) is 3.62. The standard InChI is InChI=1S/C19H20N4O2S/c24-26(25,19-10-7-16-3-1-2-4-17(16)11-19)22-18-8-5-15(6-9-18)12-23-14-20-13-21-23/h5-11,13-14,22H,1-4,12H2. The minimum atomic E-state index is -3.59. The van der Waals surface area contributed by atoms with E-state index in [-0.39, 0.29) is 0 Å². The van der Waals surface area contributed by atoms with Crippen LogP contribution in [-0.2, 0) is 29.4 Å². The Bertz CT molecular complexity index is 997. The van der Waals surface area contributed by atoms with Crippen molar-refractivity contribution in [1.29, 1.82) is 0 Å². The van der Waals surface area contributed by atoms with Crippen molar-refractivity contribution in [2.45, 2.75) is 37.1 Å². The first-order chi connectivity index (χ1) is 12.6. The molecular weight excluding hydrogens is 348 g/mol. The molecule has 0 bridgehead atoms. The van der Waals surface area contributed by atoms with E-state index in [2.05, 4.69) is 14.8 Å². The van der Waals surface area contributed by atoms with Gasteiger partial charge in [0.1, 0.15) is 12.7 Å². The first-order valence-corrected chi connectivity index (χ1v) is 10.1. The van der Waals surface area contributed by atoms with E-state index in [4.69, 9.17) is 0 Å². The summed E-state index contributed by atoms with van der Waals surface area (Å²) in [6, 6.07) is 12.8. The smallest absolute Gasteiger partial charge is 0.261 e. The lowest BCUT2D eigenvalue weighted by atomic mass is 9.92. The molecule has 6 nitrogen and oxygen atoms in total. The number of rotatable bonds is 5. The van der Waals surface area contributed by atoms with Gasteiger partial charge in [-0.25, -0.2) is 18.1 Å². The SMILES string of the molecule is O=S(=O)(Nc1ccc(Cn2cncn2)cc1)c1ccc2c(c1)CCCC2. The predicted octanol–water partition coefficient (Wildman–Crippen LogP) is 3.01. The largest absolute Gasteiger partial charge is 0.280 e. The van der Waals surface area contributed by atoms with Crippen LogP contribution in [0.3, 0.4) is 0 Å². The number of hydrogen-bond acceptors (Lipinski definition) is 4. The molecule has 0 unspecified atom stereocenters. The molecule has 0 aliphatic heterocycles. The monoisotopic (exact) mass is 368 g/mol. The van der Waals surface area contributed by atoms with Gasteiger partial charge in [0.15, 0.2) is 0 Å². The number of benzene rings is 2. The Morgan fingerprint density at radius 2 is 1.77 bits per heavy atom. The van der Waals surface area contributed by atoms with Crippen molar-refractivity contribution < 1.29 is 8.42 Å². The Balaban J connectivity index is 1.50. The maximum absolute atomic E-state index is 12.7. The third-order valence-electron chi connectivity index (χ3n) is 4.65. The van der Waals surface area contributed by atoms with Crippen molar-refractivity contribution in [2.75, 3.05) is 4.72 Å². The molecule has 1 aliphatic rings. The van der Waals surface area contributed by atoms with Crippen LogP contribution in [0.15, 0.2) is 60.0 Å². The van der Waals surface area contributed by atoms with E-state index in [0.29, 0.717) is 17.1 Å². The Hall–Kier alpha value is -2.67. The molecule has 1 aliphatic carbocycles. The molecule has 0 spiro atoms. The fourth-order valence-electron chi connectivity index (χ4n) is 3.27. The Morgan fingerprint density at radius 3 is 2.50 bits per heavy atom. The van der Waals surface area contributed by atoms with Crippen LogP contribution in [0, 0.1) is 0 Å². The van der Waals surface area contributed by atoms with Gasteiger partial charge in [-0.05, 0) is 66.6 Å². The summed E-state index contributed by atoms with van der Waals surface area (Å²) < 4.78 is 29.8. The van der Waals surface area contributed by atoms with E-state index in [9.17, 15) is 8.42 Å². The van der Waals surface area contributed by atoms with Crippen LogP contribution in [0.4, 0.5) is 5.69 Å². The zero-order valence-electron chi connectivity index (χ0n) is 14.3. The molecule has 0 atom stereocenters. The maximum Gasteiger partial charge on any atom is 0.261 e. The van der Waals surface area contributed by atoms with Gasteiger partial charge in [-0.2, -0.15) is 5.10 Å². The molecule has 1 heterocycles. The Kier molecular flexibility index (Phi) is 4.46. The summed E-state index contributed by atoms with van der Waals surface area (Å²) >= 11 is 0. The summed E-state index contributed by atoms with van der Waals surface area (Å²) in [6.07, 6.45) is 7.43. The predicted molar refractivity (Wildman–Crippen MR) is 99.5 cm³/mol. The maximum atomic E-state index is 12.7. The molecule has 3 aromatic rings. The number of nitrogens with zero attached hydrogens (tertiary/aromatic N) is 3. The van der Waals surface area contributed by atoms with Crippen molar-refractivity contribution in [2.24, 2.45) is 0 Å². The molecule has 2 aromatic carbocycles. The molecule has 26 heavy (non-hydrogen) atoms. The van der Waals surface area contributed by atoms with Crippen LogP contribution < -0.4 is 4.72 Å². The van der Waals surface area contributed by atoms with Crippen LogP contribution in [0.1, 0.15) is 29.5 Å². The zero-order valence-corrected chi connectivity index (χ0v) is 15.1. The number of aromatic nitrogens is 3. The van der Waals surface area contributed by atoms with Gasteiger partial charge in [0, 0.05) is 5.69 Å². The fraction of sp³-hybridized carbons (Fsp3) is 0.263. The van der Waals surface area contributed by atoms with Crippen molar-refractivity contribution in [3.63, 3.8) is 0 Å². The summed E-state index contributed by atoms with van der Waals surface area (Å²) in [5.74, 6) is 0. The van der Waals surface area contributed by atoms with Crippen molar-refractivity contribution in [3.05, 3.63) is 71.8 Å². The lowest BCUT2D eigenvalue weighted by molar-refractivity contribution is 0.600. The second-order valence-electron chi connectivity index (χ2n) is 6.53. The highest BCUT2D eigenvalue weighted by Crippen LogP contribution is 2.25. The van der Waals surface area contributed by atoms with E-state index >= 15 is 0 Å². The van der Waals surface area contributed by atoms with Gasteiger partial charge >= 0.3 is 0 Å². The van der Waals surface area contributed by atoms with Crippen LogP contribution in [-0.4, -0.2) is 23.2 Å². The van der Waals surface area contributed by atoms with E-state index in [1.54, 1.807) is 29.2 Å². The van der Waals surface area contributed by atoms with E-state index in [1.165, 1.54) is 18.3 Å². The number of sulfonamides is 1. The van der Waals surface area contributed by atoms with E-state index in [1.807, 2.05) is 24.3 Å². The topological polar surface area (TPSA) is 76.9 Å². The van der Waals surface area contributed by atoms with E-state index in [0.717, 1.165) is 30.4 Å². The minimum Gasteiger partial charge on any atom is -0.280 e. The highest BCUT2D eigenvalue weighted by molar-refractivity contribution is 7.92. The Labute approximate surface area is 153 Å². The number of fused-ring (bicyclic) bond motifs is 1. The first kappa shape index (κ1) is 16.8. The van der Waals surface area contributed by atoms with Gasteiger partial charge in [-0.3, -0.25) is 4.72 Å². The summed E-state index contributed by atoms with van der Waals surface area (Å²) in [7, 11) is -3.59. The average molecular weight is 368 g/mol. The summed E-state index contributed by atoms with van der Waals surface area (Å²) in [5, 5.41) is 4.06. The number of aryl methyl sites for hydroxylation is 2. The van der Waals surface area contributed by atoms with Gasteiger partial charge in [0.05, 0.1) is 11.4 Å². The highest BCUT2D eigenvalue weighted by Gasteiger charge is 2.17. The summed E-state index contributed by atoms with van der Waals surface area (Å²) in [5.41, 5.74) is 3.99. The van der Waals surface area contributed by atoms with Crippen LogP contribution in [0.25, 0.3) is 0 Å². The highest BCUT2D eigenvalue weighted by atomic mass is 32.2. The van der Waals surface area contributed by atoms with Crippen molar-refractivity contribution in [3.8, 4) is 0 Å². The number of anilines is 1. The van der Waals surface area contributed by atoms with E-state index < -0.39 is 10.0 Å². The second kappa shape index (κ2) is 6.92. The summed E-state index contributed by atoms with van der Waals surface area (Å²) in [4.78, 5) is 4.23. The summed E-state index contributed by atoms with van der Waals surface area (Å²) in [6.45, 7) is 0.595. The fourth-order valence-corrected chi connectivity index (χ4v) is 4.38. The quantitative estimate of drug-likeness (QED) is 0.751. The molecule has 0 amide bonds. The van der Waals surface area contributed by atoms with Gasteiger partial charge in [0.25, 0.3) is 10.0 Å². The third-order valence-corrected chi connectivity index (χ3v) is 6.03. The lowest BCUT2D eigenvalue weighted by Gasteiger charge is -2.17. The van der Waals surface area contributed by atoms with Gasteiger partial charge in [-0.1, -0.05) is 18.2 Å². The van der Waals surface area contributed by atoms with Crippen molar-refractivity contribution >= 4 is 15.7 Å². The molecule has 0 saturated carbocycles. The molecule has 1 N–H and O–H groups in total. The zero-order chi connectivity index (χ0) is 18.0. The first-order valence-electron chi connectivity index (χ1n) is 8.66. The molecule has 4 rings (SSSR count). The van der Waals surface area contributed by atoms with Crippen LogP contribution >= 0.6 is 0 Å². The molecule has 134 valence electrons. The Morgan fingerprint density at radius 1 is 1.00 bits per heavy atom.